The number of carbonyl (C=O) groups excluding carboxylic acids is 2. The molecule has 226 valence electrons. The minimum atomic E-state index is -0.646. The van der Waals surface area contributed by atoms with E-state index in [1.165, 1.54) is 19.3 Å². The van der Waals surface area contributed by atoms with E-state index in [1.807, 2.05) is 71.3 Å². The lowest BCUT2D eigenvalue weighted by Gasteiger charge is -2.38. The molecular weight excluding hydrogens is 538 g/mol. The minimum absolute atomic E-state index is 0.0785. The standard InChI is InChI=1S/C25H42N2O4.C7H5NOS/c1-8-29-21-15-19(16-22(30-9-2)23(21)31-10-3)17-27(7)25(5,6)24(28)26-20-14-12-11-13-18(20)4;9-4-5-3-7-6(8-5)1-2-10-7/h15-16,18,20H,8-14,17H2,1-7H3,(H,26,28);1-4,8H. The largest absolute Gasteiger partial charge is 0.490 e. The van der Waals surface area contributed by atoms with E-state index < -0.39 is 5.54 Å². The average molecular weight is 586 g/mol. The highest BCUT2D eigenvalue weighted by molar-refractivity contribution is 7.17. The van der Waals surface area contributed by atoms with Crippen LogP contribution >= 0.6 is 11.3 Å². The summed E-state index contributed by atoms with van der Waals surface area (Å²) in [5, 5.41) is 5.31. The molecule has 0 aliphatic heterocycles. The number of benzene rings is 1. The summed E-state index contributed by atoms with van der Waals surface area (Å²) in [4.78, 5) is 28.5. The van der Waals surface area contributed by atoms with Gasteiger partial charge < -0.3 is 24.5 Å². The lowest BCUT2D eigenvalue weighted by molar-refractivity contribution is -0.132. The number of thiophene rings is 1. The Hall–Kier alpha value is -3.04. The number of nitrogens with one attached hydrogen (secondary N) is 2. The molecule has 9 heteroatoms. The molecule has 41 heavy (non-hydrogen) atoms. The molecule has 1 aromatic carbocycles. The molecule has 1 amide bonds. The van der Waals surface area contributed by atoms with E-state index in [4.69, 9.17) is 14.2 Å². The fraction of sp³-hybridized carbons (Fsp3) is 0.562. The van der Waals surface area contributed by atoms with Gasteiger partial charge in [0.1, 0.15) is 0 Å². The Kier molecular flexibility index (Phi) is 12.1. The smallest absolute Gasteiger partial charge is 0.240 e. The van der Waals surface area contributed by atoms with Crippen LogP contribution in [0.2, 0.25) is 0 Å². The fourth-order valence-corrected chi connectivity index (χ4v) is 5.78. The van der Waals surface area contributed by atoms with Crippen LogP contribution in [0.1, 0.15) is 83.3 Å². The van der Waals surface area contributed by atoms with Crippen LogP contribution in [-0.4, -0.2) is 60.5 Å². The number of amides is 1. The summed E-state index contributed by atoms with van der Waals surface area (Å²) in [5.74, 6) is 2.61. The monoisotopic (exact) mass is 585 g/mol. The quantitative estimate of drug-likeness (QED) is 0.226. The zero-order valence-corrected chi connectivity index (χ0v) is 26.5. The Morgan fingerprint density at radius 2 is 1.71 bits per heavy atom. The lowest BCUT2D eigenvalue weighted by atomic mass is 9.85. The van der Waals surface area contributed by atoms with Crippen molar-refractivity contribution in [2.45, 2.75) is 85.4 Å². The van der Waals surface area contributed by atoms with Crippen LogP contribution in [0.25, 0.3) is 10.2 Å². The van der Waals surface area contributed by atoms with Crippen LogP contribution in [-0.2, 0) is 11.3 Å². The summed E-state index contributed by atoms with van der Waals surface area (Å²) in [7, 11) is 1.99. The highest BCUT2D eigenvalue weighted by Crippen LogP contribution is 2.39. The van der Waals surface area contributed by atoms with Crippen molar-refractivity contribution in [1.82, 2.24) is 15.2 Å². The van der Waals surface area contributed by atoms with Crippen LogP contribution in [0, 0.1) is 5.92 Å². The zero-order valence-electron chi connectivity index (χ0n) is 25.7. The van der Waals surface area contributed by atoms with Crippen molar-refractivity contribution in [3.8, 4) is 17.2 Å². The Bertz CT molecular complexity index is 1210. The third-order valence-corrected chi connectivity index (χ3v) is 8.58. The Balaban J connectivity index is 0.000000382. The van der Waals surface area contributed by atoms with E-state index in [-0.39, 0.29) is 11.9 Å². The van der Waals surface area contributed by atoms with Crippen molar-refractivity contribution in [3.05, 3.63) is 40.9 Å². The number of ether oxygens (including phenoxy) is 3. The van der Waals surface area contributed by atoms with Crippen molar-refractivity contribution >= 4 is 33.7 Å². The maximum Gasteiger partial charge on any atom is 0.240 e. The van der Waals surface area contributed by atoms with Crippen LogP contribution < -0.4 is 19.5 Å². The maximum absolute atomic E-state index is 13.2. The third-order valence-electron chi connectivity index (χ3n) is 7.71. The predicted octanol–water partition coefficient (Wildman–Crippen LogP) is 6.83. The second-order valence-corrected chi connectivity index (χ2v) is 12.0. The second kappa shape index (κ2) is 15.3. The minimum Gasteiger partial charge on any atom is -0.490 e. The molecule has 0 radical (unpaired) electrons. The number of nitrogens with zero attached hydrogens (tertiary/aromatic N) is 1. The molecule has 1 aliphatic rings. The van der Waals surface area contributed by atoms with Gasteiger partial charge in [0.15, 0.2) is 17.8 Å². The highest BCUT2D eigenvalue weighted by Gasteiger charge is 2.35. The number of aldehydes is 1. The van der Waals surface area contributed by atoms with Crippen molar-refractivity contribution in [3.63, 3.8) is 0 Å². The van der Waals surface area contributed by atoms with Gasteiger partial charge in [-0.3, -0.25) is 14.5 Å². The van der Waals surface area contributed by atoms with Gasteiger partial charge in [-0.25, -0.2) is 0 Å². The molecule has 4 rings (SSSR count). The SMILES string of the molecule is CCOc1cc(CN(C)C(C)(C)C(=O)NC2CCCCC2C)cc(OCC)c1OCC.O=Cc1cc2sccc2[nH]1. The van der Waals surface area contributed by atoms with Gasteiger partial charge in [-0.1, -0.05) is 19.8 Å². The van der Waals surface area contributed by atoms with E-state index >= 15 is 0 Å². The average Bonchev–Trinajstić information content (AvgIpc) is 3.55. The molecule has 1 aliphatic carbocycles. The summed E-state index contributed by atoms with van der Waals surface area (Å²) in [6.45, 7) is 14.3. The molecule has 3 aromatic rings. The normalized spacial score (nSPS) is 17.1. The Labute approximate surface area is 248 Å². The van der Waals surface area contributed by atoms with Gasteiger partial charge in [-0.2, -0.15) is 0 Å². The molecule has 8 nitrogen and oxygen atoms in total. The summed E-state index contributed by atoms with van der Waals surface area (Å²) < 4.78 is 18.6. The molecule has 2 aromatic heterocycles. The molecule has 1 saturated carbocycles. The molecule has 0 saturated heterocycles. The number of aromatic nitrogens is 1. The molecule has 0 bridgehead atoms. The number of aromatic amines is 1. The van der Waals surface area contributed by atoms with Crippen molar-refractivity contribution in [2.24, 2.45) is 5.92 Å². The summed E-state index contributed by atoms with van der Waals surface area (Å²) >= 11 is 1.63. The number of likely N-dealkylation sites (N-methyl/N-ethyl adjacent to an activating group) is 1. The first-order chi connectivity index (χ1) is 19.6. The molecule has 1 fully saturated rings. The van der Waals surface area contributed by atoms with Gasteiger partial charge in [-0.05, 0) is 95.6 Å². The lowest BCUT2D eigenvalue weighted by Crippen LogP contribution is -2.56. The van der Waals surface area contributed by atoms with E-state index in [2.05, 4.69) is 22.1 Å². The van der Waals surface area contributed by atoms with Crippen molar-refractivity contribution in [1.29, 1.82) is 0 Å². The fourth-order valence-electron chi connectivity index (χ4n) is 4.99. The molecule has 0 spiro atoms. The molecule has 2 atom stereocenters. The molecule has 2 heterocycles. The number of H-pyrrole nitrogens is 1. The van der Waals surface area contributed by atoms with Crippen LogP contribution in [0.3, 0.4) is 0 Å². The van der Waals surface area contributed by atoms with E-state index in [9.17, 15) is 9.59 Å². The van der Waals surface area contributed by atoms with Crippen LogP contribution in [0.15, 0.2) is 29.6 Å². The van der Waals surface area contributed by atoms with Gasteiger partial charge in [0.2, 0.25) is 11.7 Å². The van der Waals surface area contributed by atoms with E-state index in [0.717, 1.165) is 28.5 Å². The van der Waals surface area contributed by atoms with Gasteiger partial charge in [0, 0.05) is 12.6 Å². The number of hydrogen-bond donors (Lipinski definition) is 2. The van der Waals surface area contributed by atoms with Gasteiger partial charge in [0.05, 0.1) is 41.3 Å². The summed E-state index contributed by atoms with van der Waals surface area (Å²) in [6, 6.07) is 8.07. The number of fused-ring (bicyclic) bond motifs is 1. The Morgan fingerprint density at radius 3 is 2.27 bits per heavy atom. The maximum atomic E-state index is 13.2. The molecular formula is C32H47N3O5S. The second-order valence-electron chi connectivity index (χ2n) is 11.0. The first-order valence-corrected chi connectivity index (χ1v) is 15.6. The van der Waals surface area contributed by atoms with Gasteiger partial charge in [0.25, 0.3) is 0 Å². The van der Waals surface area contributed by atoms with Crippen molar-refractivity contribution in [2.75, 3.05) is 26.9 Å². The first kappa shape index (κ1) is 32.5. The first-order valence-electron chi connectivity index (χ1n) is 14.7. The highest BCUT2D eigenvalue weighted by atomic mass is 32.1. The number of carbonyl (C=O) groups is 2. The zero-order chi connectivity index (χ0) is 30.0. The summed E-state index contributed by atoms with van der Waals surface area (Å²) in [5.41, 5.74) is 2.08. The van der Waals surface area contributed by atoms with Crippen LogP contribution in [0.5, 0.6) is 17.2 Å². The van der Waals surface area contributed by atoms with E-state index in [0.29, 0.717) is 55.2 Å². The topological polar surface area (TPSA) is 92.9 Å². The third kappa shape index (κ3) is 8.49. The van der Waals surface area contributed by atoms with Gasteiger partial charge >= 0.3 is 0 Å². The van der Waals surface area contributed by atoms with Crippen molar-refractivity contribution < 1.29 is 23.8 Å². The number of rotatable bonds is 12. The summed E-state index contributed by atoms with van der Waals surface area (Å²) in [6.07, 6.45) is 5.54. The predicted molar refractivity (Wildman–Crippen MR) is 167 cm³/mol. The number of hydrogen-bond acceptors (Lipinski definition) is 7. The molecule has 2 N–H and O–H groups in total. The Morgan fingerprint density at radius 1 is 1.07 bits per heavy atom. The van der Waals surface area contributed by atoms with Gasteiger partial charge in [-0.15, -0.1) is 11.3 Å². The molecule has 2 unspecified atom stereocenters. The van der Waals surface area contributed by atoms with E-state index in [1.54, 1.807) is 11.3 Å². The van der Waals surface area contributed by atoms with Crippen LogP contribution in [0.4, 0.5) is 0 Å².